The summed E-state index contributed by atoms with van der Waals surface area (Å²) in [5.41, 5.74) is -0.609. The zero-order valence-corrected chi connectivity index (χ0v) is 13.4. The van der Waals surface area contributed by atoms with E-state index in [-0.39, 0.29) is 5.97 Å². The van der Waals surface area contributed by atoms with Crippen molar-refractivity contribution in [1.29, 1.82) is 0 Å². The summed E-state index contributed by atoms with van der Waals surface area (Å²) in [6, 6.07) is 0. The molecule has 0 aliphatic heterocycles. The van der Waals surface area contributed by atoms with Gasteiger partial charge in [-0.3, -0.25) is 4.79 Å². The highest BCUT2D eigenvalue weighted by molar-refractivity contribution is 7.99. The normalized spacial score (nSPS) is 14.0. The first kappa shape index (κ1) is 17.0. The Morgan fingerprint density at radius 1 is 1.45 bits per heavy atom. The average Bonchev–Trinajstić information content (AvgIpc) is 2.84. The highest BCUT2D eigenvalue weighted by Crippen LogP contribution is 2.20. The first-order valence-corrected chi connectivity index (χ1v) is 7.79. The molecule has 1 unspecified atom stereocenters. The number of aryl methyl sites for hydroxylation is 1. The summed E-state index contributed by atoms with van der Waals surface area (Å²) >= 11 is 1.54. The van der Waals surface area contributed by atoms with E-state index in [1.54, 1.807) is 25.7 Å². The van der Waals surface area contributed by atoms with Gasteiger partial charge >= 0.3 is 5.97 Å². The number of ether oxygens (including phenoxy) is 1. The third-order valence-electron chi connectivity index (χ3n) is 3.08. The minimum atomic E-state index is -0.609. The standard InChI is InChI=1S/C13H23N3O3S/c1-5-18-11(17)13(3,14-4)8-6-7-9-20-12-16-15-10(2)19-12/h14H,5-9H2,1-4H3. The molecule has 1 heterocycles. The summed E-state index contributed by atoms with van der Waals surface area (Å²) in [6.45, 7) is 5.87. The number of unbranched alkanes of at least 4 members (excludes halogenated alkanes) is 1. The predicted molar refractivity (Wildman–Crippen MR) is 77.7 cm³/mol. The number of hydrogen-bond donors (Lipinski definition) is 1. The number of esters is 1. The fourth-order valence-corrected chi connectivity index (χ4v) is 2.50. The van der Waals surface area contributed by atoms with Crippen molar-refractivity contribution in [3.8, 4) is 0 Å². The van der Waals surface area contributed by atoms with Crippen LogP contribution in [0.1, 0.15) is 39.0 Å². The summed E-state index contributed by atoms with van der Waals surface area (Å²) in [5.74, 6) is 1.28. The van der Waals surface area contributed by atoms with Gasteiger partial charge in [0, 0.05) is 12.7 Å². The lowest BCUT2D eigenvalue weighted by Gasteiger charge is -2.26. The number of carbonyl (C=O) groups excluding carboxylic acids is 1. The quantitative estimate of drug-likeness (QED) is 0.425. The molecule has 6 nitrogen and oxygen atoms in total. The lowest BCUT2D eigenvalue weighted by molar-refractivity contribution is -0.150. The Morgan fingerprint density at radius 2 is 2.20 bits per heavy atom. The molecular weight excluding hydrogens is 278 g/mol. The number of likely N-dealkylation sites (N-methyl/N-ethyl adjacent to an activating group) is 1. The van der Waals surface area contributed by atoms with Crippen molar-refractivity contribution < 1.29 is 13.9 Å². The van der Waals surface area contributed by atoms with Gasteiger partial charge in [0.15, 0.2) is 0 Å². The molecule has 1 N–H and O–H groups in total. The lowest BCUT2D eigenvalue weighted by atomic mass is 9.95. The topological polar surface area (TPSA) is 77.2 Å². The molecular formula is C13H23N3O3S. The van der Waals surface area contributed by atoms with Crippen LogP contribution in [0, 0.1) is 6.92 Å². The molecule has 0 spiro atoms. The second-order valence-corrected chi connectivity index (χ2v) is 5.74. The van der Waals surface area contributed by atoms with Crippen LogP contribution in [-0.4, -0.2) is 41.1 Å². The van der Waals surface area contributed by atoms with Crippen molar-refractivity contribution in [1.82, 2.24) is 15.5 Å². The van der Waals surface area contributed by atoms with Crippen LogP contribution in [0.2, 0.25) is 0 Å². The van der Waals surface area contributed by atoms with E-state index < -0.39 is 5.54 Å². The van der Waals surface area contributed by atoms with Gasteiger partial charge in [-0.1, -0.05) is 18.2 Å². The summed E-state index contributed by atoms with van der Waals surface area (Å²) in [6.07, 6.45) is 2.64. The number of thioether (sulfide) groups is 1. The maximum Gasteiger partial charge on any atom is 0.326 e. The molecule has 0 saturated carbocycles. The fraction of sp³-hybridized carbons (Fsp3) is 0.769. The van der Waals surface area contributed by atoms with E-state index in [9.17, 15) is 4.79 Å². The van der Waals surface area contributed by atoms with E-state index in [1.807, 2.05) is 13.8 Å². The highest BCUT2D eigenvalue weighted by Gasteiger charge is 2.32. The van der Waals surface area contributed by atoms with Gasteiger partial charge in [-0.25, -0.2) is 0 Å². The van der Waals surface area contributed by atoms with E-state index in [0.29, 0.717) is 17.7 Å². The zero-order chi connectivity index (χ0) is 15.0. The monoisotopic (exact) mass is 301 g/mol. The van der Waals surface area contributed by atoms with Crippen molar-refractivity contribution >= 4 is 17.7 Å². The number of carbonyl (C=O) groups is 1. The molecule has 0 aliphatic rings. The van der Waals surface area contributed by atoms with Gasteiger partial charge in [0.25, 0.3) is 5.22 Å². The Morgan fingerprint density at radius 3 is 2.75 bits per heavy atom. The van der Waals surface area contributed by atoms with E-state index in [4.69, 9.17) is 9.15 Å². The number of nitrogens with one attached hydrogen (secondary N) is 1. The van der Waals surface area contributed by atoms with Crippen LogP contribution in [-0.2, 0) is 9.53 Å². The van der Waals surface area contributed by atoms with Crippen LogP contribution in [0.4, 0.5) is 0 Å². The lowest BCUT2D eigenvalue weighted by Crippen LogP contribution is -2.48. The molecule has 1 aromatic heterocycles. The van der Waals surface area contributed by atoms with Crippen LogP contribution in [0.3, 0.4) is 0 Å². The maximum absolute atomic E-state index is 11.9. The second-order valence-electron chi connectivity index (χ2n) is 4.70. The molecule has 7 heteroatoms. The van der Waals surface area contributed by atoms with Crippen molar-refractivity contribution in [3.63, 3.8) is 0 Å². The highest BCUT2D eigenvalue weighted by atomic mass is 32.2. The Kier molecular flexibility index (Phi) is 7.01. The molecule has 0 fully saturated rings. The molecule has 114 valence electrons. The minimum Gasteiger partial charge on any atom is -0.465 e. The minimum absolute atomic E-state index is 0.192. The molecule has 0 bridgehead atoms. The second kappa shape index (κ2) is 8.26. The van der Waals surface area contributed by atoms with Crippen molar-refractivity contribution in [3.05, 3.63) is 5.89 Å². The first-order valence-electron chi connectivity index (χ1n) is 6.81. The SMILES string of the molecule is CCOC(=O)C(C)(CCCCSc1nnc(C)o1)NC. The summed E-state index contributed by atoms with van der Waals surface area (Å²) < 4.78 is 10.4. The van der Waals surface area contributed by atoms with E-state index >= 15 is 0 Å². The number of hydrogen-bond acceptors (Lipinski definition) is 7. The van der Waals surface area contributed by atoms with Crippen molar-refractivity contribution in [2.24, 2.45) is 0 Å². The molecule has 0 aromatic carbocycles. The van der Waals surface area contributed by atoms with E-state index in [0.717, 1.165) is 25.0 Å². The summed E-state index contributed by atoms with van der Waals surface area (Å²) in [4.78, 5) is 11.9. The third-order valence-corrected chi connectivity index (χ3v) is 3.99. The third kappa shape index (κ3) is 5.13. The molecule has 20 heavy (non-hydrogen) atoms. The molecule has 0 saturated heterocycles. The fourth-order valence-electron chi connectivity index (χ4n) is 1.70. The summed E-state index contributed by atoms with van der Waals surface area (Å²) in [5, 5.41) is 11.3. The van der Waals surface area contributed by atoms with Gasteiger partial charge in [-0.05, 0) is 33.7 Å². The first-order chi connectivity index (χ1) is 9.51. The van der Waals surface area contributed by atoms with Crippen LogP contribution in [0.25, 0.3) is 0 Å². The van der Waals surface area contributed by atoms with Gasteiger partial charge < -0.3 is 14.5 Å². The van der Waals surface area contributed by atoms with Crippen LogP contribution >= 0.6 is 11.8 Å². The average molecular weight is 301 g/mol. The molecule has 0 radical (unpaired) electrons. The van der Waals surface area contributed by atoms with E-state index in [2.05, 4.69) is 15.5 Å². The Balaban J connectivity index is 2.26. The zero-order valence-electron chi connectivity index (χ0n) is 12.6. The van der Waals surface area contributed by atoms with Gasteiger partial charge in [0.2, 0.25) is 5.89 Å². The number of rotatable bonds is 9. The van der Waals surface area contributed by atoms with Gasteiger partial charge in [0.05, 0.1) is 6.61 Å². The largest absolute Gasteiger partial charge is 0.465 e. The van der Waals surface area contributed by atoms with Crippen LogP contribution in [0.5, 0.6) is 0 Å². The predicted octanol–water partition coefficient (Wildman–Crippen LogP) is 2.18. The van der Waals surface area contributed by atoms with Gasteiger partial charge in [-0.15, -0.1) is 10.2 Å². The van der Waals surface area contributed by atoms with Gasteiger partial charge in [-0.2, -0.15) is 0 Å². The molecule has 0 aliphatic carbocycles. The van der Waals surface area contributed by atoms with Crippen LogP contribution < -0.4 is 5.32 Å². The Labute approximate surface area is 124 Å². The molecule has 1 atom stereocenters. The molecule has 0 amide bonds. The summed E-state index contributed by atoms with van der Waals surface area (Å²) in [7, 11) is 1.78. The smallest absolute Gasteiger partial charge is 0.326 e. The Hall–Kier alpha value is -1.08. The van der Waals surface area contributed by atoms with Crippen molar-refractivity contribution in [2.45, 2.75) is 50.8 Å². The molecule has 1 aromatic rings. The van der Waals surface area contributed by atoms with Gasteiger partial charge in [0.1, 0.15) is 5.54 Å². The maximum atomic E-state index is 11.9. The number of nitrogens with zero attached hydrogens (tertiary/aromatic N) is 2. The van der Waals surface area contributed by atoms with Crippen LogP contribution in [0.15, 0.2) is 9.64 Å². The Bertz CT molecular complexity index is 425. The van der Waals surface area contributed by atoms with Crippen molar-refractivity contribution in [2.75, 3.05) is 19.4 Å². The number of aromatic nitrogens is 2. The van der Waals surface area contributed by atoms with E-state index in [1.165, 1.54) is 0 Å². The molecule has 1 rings (SSSR count).